The molecule has 4 rings (SSSR count). The second-order valence-corrected chi connectivity index (χ2v) is 8.79. The second kappa shape index (κ2) is 11.8. The molecule has 2 N–H and O–H groups in total. The van der Waals surface area contributed by atoms with Gasteiger partial charge < -0.3 is 15.4 Å². The molecule has 0 bridgehead atoms. The highest BCUT2D eigenvalue weighted by molar-refractivity contribution is 6.22. The molecule has 0 unspecified atom stereocenters. The first-order chi connectivity index (χ1) is 19.1. The fourth-order valence-corrected chi connectivity index (χ4v) is 3.92. The van der Waals surface area contributed by atoms with Gasteiger partial charge in [-0.2, -0.15) is 0 Å². The van der Waals surface area contributed by atoms with Gasteiger partial charge in [0.25, 0.3) is 17.7 Å². The van der Waals surface area contributed by atoms with E-state index in [1.54, 1.807) is 0 Å². The lowest BCUT2D eigenvalue weighted by molar-refractivity contribution is -0.130. The molecule has 12 heteroatoms. The van der Waals surface area contributed by atoms with Gasteiger partial charge in [0.15, 0.2) is 23.6 Å². The molecule has 1 aliphatic heterocycles. The van der Waals surface area contributed by atoms with Crippen LogP contribution in [0.2, 0.25) is 0 Å². The summed E-state index contributed by atoms with van der Waals surface area (Å²) in [5, 5.41) is 4.15. The highest BCUT2D eigenvalue weighted by atomic mass is 19.2. The molecule has 0 saturated heterocycles. The molecule has 0 fully saturated rings. The maximum absolute atomic E-state index is 13.7. The number of hydrogen-bond donors (Lipinski definition) is 2. The normalized spacial score (nSPS) is 13.1. The van der Waals surface area contributed by atoms with Crippen molar-refractivity contribution < 1.29 is 41.9 Å². The third-order valence-corrected chi connectivity index (χ3v) is 6.06. The van der Waals surface area contributed by atoms with Crippen molar-refractivity contribution in [2.45, 2.75) is 19.4 Å². The fourth-order valence-electron chi connectivity index (χ4n) is 3.92. The summed E-state index contributed by atoms with van der Waals surface area (Å²) in [5.41, 5.74) is 0.427. The number of hydrogen-bond acceptors (Lipinski definition) is 6. The number of nitrogens with zero attached hydrogens (tertiary/aromatic N) is 1. The van der Waals surface area contributed by atoms with Crippen LogP contribution in [0.5, 0.6) is 0 Å². The van der Waals surface area contributed by atoms with Crippen LogP contribution in [0.3, 0.4) is 0 Å². The Labute approximate surface area is 225 Å². The molecular weight excluding hydrogens is 531 g/mol. The second-order valence-electron chi connectivity index (χ2n) is 8.79. The summed E-state index contributed by atoms with van der Waals surface area (Å²) in [4.78, 5) is 63.5. The summed E-state index contributed by atoms with van der Waals surface area (Å²) in [5.74, 6) is -8.62. The van der Waals surface area contributed by atoms with Crippen molar-refractivity contribution in [2.24, 2.45) is 0 Å². The van der Waals surface area contributed by atoms with E-state index in [1.165, 1.54) is 25.1 Å². The highest BCUT2D eigenvalue weighted by Gasteiger charge is 2.36. The molecule has 0 aliphatic carbocycles. The van der Waals surface area contributed by atoms with Crippen molar-refractivity contribution >= 4 is 35.3 Å². The fraction of sp³-hybridized carbons (Fsp3) is 0.179. The van der Waals surface area contributed by atoms with E-state index in [-0.39, 0.29) is 23.2 Å². The molecule has 0 spiro atoms. The number of carbonyl (C=O) groups is 5. The summed E-state index contributed by atoms with van der Waals surface area (Å²) in [7, 11) is 0. The SMILES string of the molecule is C[C@@H](OC(=O)c1ccc2c(c1)C(=O)N(CCc1ccccc1)C2=O)C(=O)NCC(=O)Nc1ccc(F)c(F)c1F. The third-order valence-electron chi connectivity index (χ3n) is 6.06. The number of amides is 4. The largest absolute Gasteiger partial charge is 0.449 e. The van der Waals surface area contributed by atoms with Crippen LogP contribution < -0.4 is 10.6 Å². The lowest BCUT2D eigenvalue weighted by atomic mass is 10.1. The summed E-state index contributed by atoms with van der Waals surface area (Å²) in [6.45, 7) is 0.699. The number of esters is 1. The maximum atomic E-state index is 13.7. The molecule has 3 aromatic rings. The molecular formula is C28H22F3N3O6. The monoisotopic (exact) mass is 553 g/mol. The van der Waals surface area contributed by atoms with Gasteiger partial charge >= 0.3 is 5.97 Å². The Balaban J connectivity index is 1.31. The van der Waals surface area contributed by atoms with Crippen LogP contribution in [0, 0.1) is 17.5 Å². The number of anilines is 1. The Morgan fingerprint density at radius 3 is 2.33 bits per heavy atom. The van der Waals surface area contributed by atoms with Crippen LogP contribution in [0.4, 0.5) is 18.9 Å². The number of nitrogens with one attached hydrogen (secondary N) is 2. The molecule has 3 aromatic carbocycles. The predicted molar refractivity (Wildman–Crippen MR) is 135 cm³/mol. The van der Waals surface area contributed by atoms with Crippen molar-refractivity contribution in [1.82, 2.24) is 10.2 Å². The lowest BCUT2D eigenvalue weighted by Gasteiger charge is -2.14. The summed E-state index contributed by atoms with van der Waals surface area (Å²) in [6.07, 6.45) is -0.921. The number of ether oxygens (including phenoxy) is 1. The minimum absolute atomic E-state index is 0.0331. The zero-order chi connectivity index (χ0) is 29.0. The summed E-state index contributed by atoms with van der Waals surface area (Å²) >= 11 is 0. The van der Waals surface area contributed by atoms with Gasteiger partial charge in [-0.1, -0.05) is 30.3 Å². The van der Waals surface area contributed by atoms with E-state index in [1.807, 2.05) is 35.6 Å². The van der Waals surface area contributed by atoms with E-state index < -0.39 is 65.4 Å². The number of carbonyl (C=O) groups excluding carboxylic acids is 5. The topological polar surface area (TPSA) is 122 Å². The standard InChI is InChI=1S/C28H22F3N3O6/c1-15(25(36)32-14-22(35)33-21-10-9-20(29)23(30)24(21)31)40-28(39)17-7-8-18-19(13-17)27(38)34(26(18)37)12-11-16-5-3-2-4-6-16/h2-10,13,15H,11-12,14H2,1H3,(H,32,36)(H,33,35)/t15-/m1/s1. The summed E-state index contributed by atoms with van der Waals surface area (Å²) in [6, 6.07) is 14.6. The van der Waals surface area contributed by atoms with Crippen LogP contribution >= 0.6 is 0 Å². The zero-order valence-electron chi connectivity index (χ0n) is 21.0. The molecule has 0 saturated carbocycles. The van der Waals surface area contributed by atoms with E-state index in [9.17, 15) is 37.1 Å². The first-order valence-corrected chi connectivity index (χ1v) is 12.0. The Hall–Kier alpha value is -5.00. The first-order valence-electron chi connectivity index (χ1n) is 12.0. The van der Waals surface area contributed by atoms with E-state index >= 15 is 0 Å². The van der Waals surface area contributed by atoms with Gasteiger partial charge in [0.1, 0.15) is 0 Å². The number of rotatable bonds is 9. The Bertz CT molecular complexity index is 1510. The zero-order valence-corrected chi connectivity index (χ0v) is 21.0. The first kappa shape index (κ1) is 28.0. The lowest BCUT2D eigenvalue weighted by Crippen LogP contribution is -2.40. The molecule has 1 heterocycles. The van der Waals surface area contributed by atoms with Crippen molar-refractivity contribution in [3.05, 3.63) is 100 Å². The van der Waals surface area contributed by atoms with Crippen molar-refractivity contribution in [1.29, 1.82) is 0 Å². The molecule has 0 radical (unpaired) electrons. The van der Waals surface area contributed by atoms with E-state index in [4.69, 9.17) is 4.74 Å². The quantitative estimate of drug-likeness (QED) is 0.238. The van der Waals surface area contributed by atoms with E-state index in [0.29, 0.717) is 12.5 Å². The highest BCUT2D eigenvalue weighted by Crippen LogP contribution is 2.25. The van der Waals surface area contributed by atoms with Gasteiger partial charge in [-0.25, -0.2) is 18.0 Å². The van der Waals surface area contributed by atoms with Crippen LogP contribution in [-0.2, 0) is 20.7 Å². The minimum Gasteiger partial charge on any atom is -0.449 e. The number of imide groups is 1. The van der Waals surface area contributed by atoms with Gasteiger partial charge in [0, 0.05) is 6.54 Å². The molecule has 1 atom stereocenters. The minimum atomic E-state index is -1.76. The third kappa shape index (κ3) is 6.01. The van der Waals surface area contributed by atoms with Gasteiger partial charge in [0.2, 0.25) is 5.91 Å². The van der Waals surface area contributed by atoms with Gasteiger partial charge in [-0.3, -0.25) is 24.1 Å². The Morgan fingerprint density at radius 2 is 1.60 bits per heavy atom. The number of halogens is 3. The Morgan fingerprint density at radius 1 is 0.900 bits per heavy atom. The van der Waals surface area contributed by atoms with Crippen molar-refractivity contribution in [3.8, 4) is 0 Å². The predicted octanol–water partition coefficient (Wildman–Crippen LogP) is 3.24. The van der Waals surface area contributed by atoms with Crippen LogP contribution in [0.1, 0.15) is 43.6 Å². The molecule has 0 aromatic heterocycles. The van der Waals surface area contributed by atoms with Crippen LogP contribution in [-0.4, -0.2) is 53.7 Å². The molecule has 40 heavy (non-hydrogen) atoms. The van der Waals surface area contributed by atoms with Crippen LogP contribution in [0.25, 0.3) is 0 Å². The Kier molecular flexibility index (Phi) is 8.27. The molecule has 206 valence electrons. The van der Waals surface area contributed by atoms with Crippen molar-refractivity contribution in [3.63, 3.8) is 0 Å². The van der Waals surface area contributed by atoms with Crippen LogP contribution in [0.15, 0.2) is 60.7 Å². The smallest absolute Gasteiger partial charge is 0.338 e. The molecule has 9 nitrogen and oxygen atoms in total. The average Bonchev–Trinajstić information content (AvgIpc) is 3.19. The van der Waals surface area contributed by atoms with E-state index in [0.717, 1.165) is 16.5 Å². The average molecular weight is 553 g/mol. The molecule has 4 amide bonds. The van der Waals surface area contributed by atoms with Crippen molar-refractivity contribution in [2.75, 3.05) is 18.4 Å². The van der Waals surface area contributed by atoms with Gasteiger partial charge in [-0.15, -0.1) is 0 Å². The number of fused-ring (bicyclic) bond motifs is 1. The van der Waals surface area contributed by atoms with E-state index in [2.05, 4.69) is 5.32 Å². The molecule has 1 aliphatic rings. The van der Waals surface area contributed by atoms with Gasteiger partial charge in [0.05, 0.1) is 28.9 Å². The maximum Gasteiger partial charge on any atom is 0.338 e. The number of benzene rings is 3. The van der Waals surface area contributed by atoms with Gasteiger partial charge in [-0.05, 0) is 49.2 Å². The summed E-state index contributed by atoms with van der Waals surface area (Å²) < 4.78 is 45.1.